The highest BCUT2D eigenvalue weighted by atomic mass is 35.5. The highest BCUT2D eigenvalue weighted by Crippen LogP contribution is 2.30. The normalized spacial score (nSPS) is 15.3. The summed E-state index contributed by atoms with van der Waals surface area (Å²) in [5.74, 6) is -1.87. The molecule has 160 valence electrons. The summed E-state index contributed by atoms with van der Waals surface area (Å²) in [6, 6.07) is 17.4. The van der Waals surface area contributed by atoms with Gasteiger partial charge in [0.25, 0.3) is 11.8 Å². The molecule has 32 heavy (non-hydrogen) atoms. The van der Waals surface area contributed by atoms with Gasteiger partial charge in [-0.15, -0.1) is 0 Å². The Hall–Kier alpha value is -3.77. The van der Waals surface area contributed by atoms with E-state index < -0.39 is 17.8 Å². The Kier molecular flexibility index (Phi) is 5.88. The molecule has 1 heterocycles. The van der Waals surface area contributed by atoms with Gasteiger partial charge in [-0.25, -0.2) is 14.1 Å². The highest BCUT2D eigenvalue weighted by molar-refractivity contribution is 6.40. The van der Waals surface area contributed by atoms with Crippen LogP contribution >= 0.6 is 11.6 Å². The van der Waals surface area contributed by atoms with Crippen LogP contribution in [0.5, 0.6) is 0 Å². The minimum absolute atomic E-state index is 0.185. The lowest BCUT2D eigenvalue weighted by Crippen LogP contribution is -2.54. The molecular weight excluding hydrogens is 431 g/mol. The van der Waals surface area contributed by atoms with Crippen LogP contribution in [0.4, 0.5) is 14.9 Å². The van der Waals surface area contributed by atoms with Crippen LogP contribution in [-0.4, -0.2) is 17.8 Å². The molecule has 3 aromatic rings. The fourth-order valence-electron chi connectivity index (χ4n) is 3.57. The lowest BCUT2D eigenvalue weighted by atomic mass is 9.97. The number of hydrogen-bond donors (Lipinski definition) is 1. The average molecular weight is 449 g/mol. The molecule has 4 amide bonds. The quantitative estimate of drug-likeness (QED) is 0.449. The summed E-state index contributed by atoms with van der Waals surface area (Å²) in [4.78, 5) is 39.1. The van der Waals surface area contributed by atoms with Crippen LogP contribution in [0.3, 0.4) is 0 Å². The van der Waals surface area contributed by atoms with Gasteiger partial charge in [0.2, 0.25) is 0 Å². The number of amides is 4. The molecule has 0 spiro atoms. The summed E-state index contributed by atoms with van der Waals surface area (Å²) in [6.07, 6.45) is 1.86. The molecule has 0 bridgehead atoms. The van der Waals surface area contributed by atoms with Gasteiger partial charge >= 0.3 is 6.03 Å². The van der Waals surface area contributed by atoms with Gasteiger partial charge in [-0.1, -0.05) is 54.1 Å². The number of rotatable bonds is 4. The van der Waals surface area contributed by atoms with Gasteiger partial charge in [0, 0.05) is 5.02 Å². The first-order valence-corrected chi connectivity index (χ1v) is 10.2. The fourth-order valence-corrected chi connectivity index (χ4v) is 3.74. The van der Waals surface area contributed by atoms with Crippen LogP contribution in [0.25, 0.3) is 6.08 Å². The molecule has 0 aliphatic carbocycles. The van der Waals surface area contributed by atoms with Gasteiger partial charge in [0.1, 0.15) is 11.4 Å². The van der Waals surface area contributed by atoms with E-state index in [1.54, 1.807) is 49.4 Å². The molecule has 4 rings (SSSR count). The van der Waals surface area contributed by atoms with Crippen LogP contribution in [0.2, 0.25) is 5.02 Å². The van der Waals surface area contributed by atoms with Crippen molar-refractivity contribution in [2.24, 2.45) is 0 Å². The van der Waals surface area contributed by atoms with Crippen molar-refractivity contribution in [1.82, 2.24) is 5.32 Å². The Morgan fingerprint density at radius 3 is 2.53 bits per heavy atom. The monoisotopic (exact) mass is 448 g/mol. The molecule has 1 N–H and O–H groups in total. The Bertz CT molecular complexity index is 1290. The van der Waals surface area contributed by atoms with Crippen LogP contribution < -0.4 is 10.2 Å². The van der Waals surface area contributed by atoms with Crippen LogP contribution in [0, 0.1) is 12.7 Å². The standard InChI is InChI=1S/C25H18ClFN2O3/c1-15-21(26)10-5-11-22(15)29-24(31)20(23(30)28-25(29)32)14-18-8-3-2-7-17(18)12-16-6-4-9-19(27)13-16/h2-11,13-14H,12H2,1H3,(H,28,30,32)/b20-14+. The largest absolute Gasteiger partial charge is 0.335 e. The minimum atomic E-state index is -0.837. The van der Waals surface area contributed by atoms with E-state index >= 15 is 0 Å². The van der Waals surface area contributed by atoms with E-state index in [9.17, 15) is 18.8 Å². The maximum absolute atomic E-state index is 13.6. The smallest absolute Gasteiger partial charge is 0.273 e. The van der Waals surface area contributed by atoms with E-state index in [-0.39, 0.29) is 11.4 Å². The van der Waals surface area contributed by atoms with Crippen LogP contribution in [0.15, 0.2) is 72.3 Å². The third kappa shape index (κ3) is 4.18. The zero-order chi connectivity index (χ0) is 22.8. The van der Waals surface area contributed by atoms with Crippen molar-refractivity contribution in [2.45, 2.75) is 13.3 Å². The summed E-state index contributed by atoms with van der Waals surface area (Å²) >= 11 is 6.15. The SMILES string of the molecule is Cc1c(Cl)cccc1N1C(=O)NC(=O)/C(=C\c2ccccc2Cc2cccc(F)c2)C1=O. The molecule has 7 heteroatoms. The number of halogens is 2. The maximum Gasteiger partial charge on any atom is 0.335 e. The second kappa shape index (κ2) is 8.77. The number of nitrogens with one attached hydrogen (secondary N) is 1. The predicted molar refractivity (Wildman–Crippen MR) is 121 cm³/mol. The summed E-state index contributed by atoms with van der Waals surface area (Å²) in [7, 11) is 0. The van der Waals surface area contributed by atoms with Gasteiger partial charge in [0.05, 0.1) is 5.69 Å². The van der Waals surface area contributed by atoms with E-state index in [2.05, 4.69) is 5.32 Å². The second-order valence-electron chi connectivity index (χ2n) is 7.35. The van der Waals surface area contributed by atoms with E-state index in [0.717, 1.165) is 16.0 Å². The van der Waals surface area contributed by atoms with Gasteiger partial charge in [-0.2, -0.15) is 0 Å². The first-order valence-electron chi connectivity index (χ1n) is 9.84. The number of barbiturate groups is 1. The first-order chi connectivity index (χ1) is 15.3. The molecule has 0 radical (unpaired) electrons. The zero-order valence-corrected chi connectivity index (χ0v) is 17.8. The molecule has 0 aromatic heterocycles. The lowest BCUT2D eigenvalue weighted by molar-refractivity contribution is -0.122. The van der Waals surface area contributed by atoms with Gasteiger partial charge < -0.3 is 0 Å². The summed E-state index contributed by atoms with van der Waals surface area (Å²) in [5.41, 5.74) is 2.82. The zero-order valence-electron chi connectivity index (χ0n) is 17.1. The van der Waals surface area contributed by atoms with E-state index in [0.29, 0.717) is 28.3 Å². The number of imide groups is 2. The average Bonchev–Trinajstić information content (AvgIpc) is 2.75. The predicted octanol–water partition coefficient (Wildman–Crippen LogP) is 5.04. The molecule has 0 unspecified atom stereocenters. The van der Waals surface area contributed by atoms with Crippen molar-refractivity contribution >= 4 is 41.2 Å². The second-order valence-corrected chi connectivity index (χ2v) is 7.75. The summed E-state index contributed by atoms with van der Waals surface area (Å²) in [5, 5.41) is 2.61. The van der Waals surface area contributed by atoms with E-state index in [1.165, 1.54) is 18.2 Å². The summed E-state index contributed by atoms with van der Waals surface area (Å²) in [6.45, 7) is 1.69. The number of carbonyl (C=O) groups is 3. The van der Waals surface area contributed by atoms with Crippen molar-refractivity contribution in [2.75, 3.05) is 4.90 Å². The number of anilines is 1. The molecule has 0 saturated carbocycles. The topological polar surface area (TPSA) is 66.5 Å². The van der Waals surface area contributed by atoms with Gasteiger partial charge in [-0.05, 0) is 65.9 Å². The number of urea groups is 1. The Morgan fingerprint density at radius 1 is 1.00 bits per heavy atom. The third-order valence-electron chi connectivity index (χ3n) is 5.22. The van der Waals surface area contributed by atoms with Crippen molar-refractivity contribution in [3.05, 3.63) is 105 Å². The number of nitrogens with zero attached hydrogens (tertiary/aromatic N) is 1. The number of hydrogen-bond acceptors (Lipinski definition) is 3. The molecule has 3 aromatic carbocycles. The maximum atomic E-state index is 13.6. The Labute approximate surface area is 189 Å². The third-order valence-corrected chi connectivity index (χ3v) is 5.63. The van der Waals surface area contributed by atoms with Crippen molar-refractivity contribution < 1.29 is 18.8 Å². The molecule has 0 atom stereocenters. The molecule has 1 aliphatic rings. The van der Waals surface area contributed by atoms with Gasteiger partial charge in [-0.3, -0.25) is 14.9 Å². The van der Waals surface area contributed by atoms with E-state index in [4.69, 9.17) is 11.6 Å². The molecule has 5 nitrogen and oxygen atoms in total. The minimum Gasteiger partial charge on any atom is -0.273 e. The summed E-state index contributed by atoms with van der Waals surface area (Å²) < 4.78 is 13.6. The van der Waals surface area contributed by atoms with Gasteiger partial charge in [0.15, 0.2) is 0 Å². The molecule has 1 saturated heterocycles. The molecular formula is C25H18ClFN2O3. The van der Waals surface area contributed by atoms with Crippen molar-refractivity contribution in [3.8, 4) is 0 Å². The van der Waals surface area contributed by atoms with Crippen molar-refractivity contribution in [1.29, 1.82) is 0 Å². The fraction of sp³-hybridized carbons (Fsp3) is 0.0800. The lowest BCUT2D eigenvalue weighted by Gasteiger charge is -2.28. The Balaban J connectivity index is 1.74. The van der Waals surface area contributed by atoms with Crippen LogP contribution in [-0.2, 0) is 16.0 Å². The number of carbonyl (C=O) groups excluding carboxylic acids is 3. The van der Waals surface area contributed by atoms with Crippen molar-refractivity contribution in [3.63, 3.8) is 0 Å². The molecule has 1 aliphatic heterocycles. The van der Waals surface area contributed by atoms with E-state index in [1.807, 2.05) is 12.1 Å². The Morgan fingerprint density at radius 2 is 1.75 bits per heavy atom. The first kappa shape index (κ1) is 21.5. The van der Waals surface area contributed by atoms with Crippen LogP contribution in [0.1, 0.15) is 22.3 Å². The highest BCUT2D eigenvalue weighted by Gasteiger charge is 2.37. The number of benzene rings is 3. The molecule has 1 fully saturated rings.